The van der Waals surface area contributed by atoms with Crippen LogP contribution >= 0.6 is 0 Å². The van der Waals surface area contributed by atoms with E-state index in [0.717, 1.165) is 64.2 Å². The molecular formula is C28H58O3. The van der Waals surface area contributed by atoms with Crippen LogP contribution < -0.4 is 0 Å². The standard InChI is InChI=1S/C28H58O3/c1-5-9-13-15-17-21-27(23-25(29)19-11-7-3)31-28(22-18-16-14-10-6-2)24-26(30)20-12-8-4/h25-30H,5-24H2,1-4H3. The van der Waals surface area contributed by atoms with Gasteiger partial charge in [0.1, 0.15) is 0 Å². The molecule has 0 radical (unpaired) electrons. The van der Waals surface area contributed by atoms with Crippen molar-refractivity contribution < 1.29 is 14.9 Å². The van der Waals surface area contributed by atoms with E-state index in [1.165, 1.54) is 64.2 Å². The number of ether oxygens (including phenoxy) is 1. The lowest BCUT2D eigenvalue weighted by Gasteiger charge is -2.28. The van der Waals surface area contributed by atoms with Crippen LogP contribution in [0.1, 0.15) is 156 Å². The Morgan fingerprint density at radius 2 is 0.806 bits per heavy atom. The maximum absolute atomic E-state index is 10.5. The molecule has 0 aliphatic carbocycles. The molecule has 0 saturated carbocycles. The van der Waals surface area contributed by atoms with Crippen LogP contribution in [0, 0.1) is 0 Å². The molecule has 0 saturated heterocycles. The molecule has 4 atom stereocenters. The lowest BCUT2D eigenvalue weighted by atomic mass is 9.98. The molecule has 188 valence electrons. The molecule has 0 bridgehead atoms. The van der Waals surface area contributed by atoms with Gasteiger partial charge in [-0.15, -0.1) is 0 Å². The Balaban J connectivity index is 4.80. The first-order valence-electron chi connectivity index (χ1n) is 14.1. The van der Waals surface area contributed by atoms with Gasteiger partial charge in [0.15, 0.2) is 0 Å². The van der Waals surface area contributed by atoms with E-state index in [1.807, 2.05) is 0 Å². The summed E-state index contributed by atoms with van der Waals surface area (Å²) < 4.78 is 6.64. The average molecular weight is 443 g/mol. The molecule has 0 aromatic rings. The highest BCUT2D eigenvalue weighted by molar-refractivity contribution is 4.72. The van der Waals surface area contributed by atoms with E-state index < -0.39 is 0 Å². The molecule has 0 fully saturated rings. The van der Waals surface area contributed by atoms with Crippen molar-refractivity contribution in [3.63, 3.8) is 0 Å². The Bertz CT molecular complexity index is 315. The van der Waals surface area contributed by atoms with E-state index >= 15 is 0 Å². The zero-order valence-corrected chi connectivity index (χ0v) is 21.8. The second-order valence-corrected chi connectivity index (χ2v) is 9.85. The Hall–Kier alpha value is -0.120. The van der Waals surface area contributed by atoms with Gasteiger partial charge in [0, 0.05) is 0 Å². The van der Waals surface area contributed by atoms with Gasteiger partial charge in [-0.3, -0.25) is 0 Å². The second-order valence-electron chi connectivity index (χ2n) is 9.85. The summed E-state index contributed by atoms with van der Waals surface area (Å²) >= 11 is 0. The lowest BCUT2D eigenvalue weighted by molar-refractivity contribution is -0.0635. The number of hydrogen-bond donors (Lipinski definition) is 2. The van der Waals surface area contributed by atoms with Gasteiger partial charge < -0.3 is 14.9 Å². The number of aliphatic hydroxyl groups is 2. The zero-order valence-electron chi connectivity index (χ0n) is 21.8. The van der Waals surface area contributed by atoms with Gasteiger partial charge in [-0.2, -0.15) is 0 Å². The SMILES string of the molecule is CCCCCCCC(CC(O)CCCC)OC(CCCCCCC)CC(O)CCCC. The van der Waals surface area contributed by atoms with Gasteiger partial charge in [0.05, 0.1) is 24.4 Å². The molecule has 0 rings (SSSR count). The molecule has 0 spiro atoms. The molecule has 3 heteroatoms. The smallest absolute Gasteiger partial charge is 0.0603 e. The van der Waals surface area contributed by atoms with Crippen LogP contribution in [0.2, 0.25) is 0 Å². The summed E-state index contributed by atoms with van der Waals surface area (Å²) in [5.74, 6) is 0. The molecule has 0 amide bonds. The van der Waals surface area contributed by atoms with Gasteiger partial charge in [-0.1, -0.05) is 118 Å². The maximum atomic E-state index is 10.5. The molecule has 2 N–H and O–H groups in total. The monoisotopic (exact) mass is 442 g/mol. The topological polar surface area (TPSA) is 49.7 Å². The highest BCUT2D eigenvalue weighted by atomic mass is 16.5. The van der Waals surface area contributed by atoms with Gasteiger partial charge in [-0.25, -0.2) is 0 Å². The molecule has 0 heterocycles. The Morgan fingerprint density at radius 3 is 1.16 bits per heavy atom. The molecule has 4 unspecified atom stereocenters. The predicted octanol–water partition coefficient (Wildman–Crippen LogP) is 8.34. The Kier molecular flexibility index (Phi) is 23.0. The second kappa shape index (κ2) is 23.1. The van der Waals surface area contributed by atoms with Crippen molar-refractivity contribution >= 4 is 0 Å². The van der Waals surface area contributed by atoms with Crippen molar-refractivity contribution in [1.29, 1.82) is 0 Å². The molecule has 0 aliphatic heterocycles. The zero-order chi connectivity index (χ0) is 23.2. The number of aliphatic hydroxyl groups excluding tert-OH is 2. The summed E-state index contributed by atoms with van der Waals surface area (Å²) in [7, 11) is 0. The predicted molar refractivity (Wildman–Crippen MR) is 136 cm³/mol. The quantitative estimate of drug-likeness (QED) is 0.148. The van der Waals surface area contributed by atoms with Crippen molar-refractivity contribution in [3.05, 3.63) is 0 Å². The molecule has 3 nitrogen and oxygen atoms in total. The largest absolute Gasteiger partial charge is 0.393 e. The average Bonchev–Trinajstić information content (AvgIpc) is 2.75. The lowest BCUT2D eigenvalue weighted by Crippen LogP contribution is -2.29. The molecule has 0 aliphatic rings. The van der Waals surface area contributed by atoms with Crippen molar-refractivity contribution in [2.24, 2.45) is 0 Å². The Morgan fingerprint density at radius 1 is 0.452 bits per heavy atom. The van der Waals surface area contributed by atoms with Crippen molar-refractivity contribution in [2.75, 3.05) is 0 Å². The van der Waals surface area contributed by atoms with E-state index in [-0.39, 0.29) is 24.4 Å². The van der Waals surface area contributed by atoms with Crippen molar-refractivity contribution in [1.82, 2.24) is 0 Å². The Labute approximate surface area is 195 Å². The van der Waals surface area contributed by atoms with Gasteiger partial charge in [-0.05, 0) is 38.5 Å². The third-order valence-corrected chi connectivity index (χ3v) is 6.50. The fourth-order valence-electron chi connectivity index (χ4n) is 4.43. The normalized spacial score (nSPS) is 15.7. The highest BCUT2D eigenvalue weighted by Crippen LogP contribution is 2.23. The molecule has 0 aromatic heterocycles. The van der Waals surface area contributed by atoms with Crippen LogP contribution in [0.5, 0.6) is 0 Å². The van der Waals surface area contributed by atoms with Crippen LogP contribution in [0.3, 0.4) is 0 Å². The van der Waals surface area contributed by atoms with Crippen LogP contribution in [-0.2, 0) is 4.74 Å². The number of unbranched alkanes of at least 4 members (excludes halogenated alkanes) is 10. The fraction of sp³-hybridized carbons (Fsp3) is 1.00. The first-order chi connectivity index (χ1) is 15.1. The number of rotatable bonds is 24. The van der Waals surface area contributed by atoms with Crippen LogP contribution in [0.4, 0.5) is 0 Å². The minimum absolute atomic E-state index is 0.132. The summed E-state index contributed by atoms with van der Waals surface area (Å²) in [6, 6.07) is 0. The van der Waals surface area contributed by atoms with Crippen LogP contribution in [0.15, 0.2) is 0 Å². The van der Waals surface area contributed by atoms with Crippen LogP contribution in [-0.4, -0.2) is 34.6 Å². The van der Waals surface area contributed by atoms with E-state index in [9.17, 15) is 10.2 Å². The highest BCUT2D eigenvalue weighted by Gasteiger charge is 2.22. The molecule has 0 aromatic carbocycles. The number of hydrogen-bond acceptors (Lipinski definition) is 3. The third kappa shape index (κ3) is 20.2. The minimum Gasteiger partial charge on any atom is -0.393 e. The van der Waals surface area contributed by atoms with E-state index in [2.05, 4.69) is 27.7 Å². The van der Waals surface area contributed by atoms with E-state index in [1.54, 1.807) is 0 Å². The van der Waals surface area contributed by atoms with Crippen LogP contribution in [0.25, 0.3) is 0 Å². The summed E-state index contributed by atoms with van der Waals surface area (Å²) in [5, 5.41) is 21.1. The summed E-state index contributed by atoms with van der Waals surface area (Å²) in [5.41, 5.74) is 0. The fourth-order valence-corrected chi connectivity index (χ4v) is 4.43. The third-order valence-electron chi connectivity index (χ3n) is 6.50. The van der Waals surface area contributed by atoms with Gasteiger partial charge in [0.25, 0.3) is 0 Å². The van der Waals surface area contributed by atoms with E-state index in [4.69, 9.17) is 4.74 Å². The minimum atomic E-state index is -0.254. The maximum Gasteiger partial charge on any atom is 0.0603 e. The van der Waals surface area contributed by atoms with Crippen molar-refractivity contribution in [2.45, 2.75) is 181 Å². The molecule has 31 heavy (non-hydrogen) atoms. The summed E-state index contributed by atoms with van der Waals surface area (Å²) in [6.45, 7) is 8.87. The first kappa shape index (κ1) is 30.9. The summed E-state index contributed by atoms with van der Waals surface area (Å²) in [4.78, 5) is 0. The first-order valence-corrected chi connectivity index (χ1v) is 14.1. The van der Waals surface area contributed by atoms with Crippen molar-refractivity contribution in [3.8, 4) is 0 Å². The van der Waals surface area contributed by atoms with Gasteiger partial charge >= 0.3 is 0 Å². The molecular weight excluding hydrogens is 384 g/mol. The summed E-state index contributed by atoms with van der Waals surface area (Å²) in [6.07, 6.45) is 22.2. The van der Waals surface area contributed by atoms with Gasteiger partial charge in [0.2, 0.25) is 0 Å². The van der Waals surface area contributed by atoms with E-state index in [0.29, 0.717) is 0 Å².